The summed E-state index contributed by atoms with van der Waals surface area (Å²) in [6, 6.07) is 8.96. The minimum Gasteiger partial charge on any atom is -0.493 e. The first-order chi connectivity index (χ1) is 14.8. The lowest BCUT2D eigenvalue weighted by Gasteiger charge is -2.34. The van der Waals surface area contributed by atoms with Gasteiger partial charge in [-0.3, -0.25) is 0 Å². The lowest BCUT2D eigenvalue weighted by molar-refractivity contribution is 0.0173. The molecular formula is C24H25Cl2NO4. The lowest BCUT2D eigenvalue weighted by atomic mass is 9.69. The Morgan fingerprint density at radius 2 is 2.03 bits per heavy atom. The second-order valence-electron chi connectivity index (χ2n) is 8.86. The molecule has 0 amide bonds. The van der Waals surface area contributed by atoms with E-state index >= 15 is 0 Å². The average molecular weight is 462 g/mol. The Hall–Kier alpha value is -1.95. The molecule has 5 rings (SSSR count). The van der Waals surface area contributed by atoms with Crippen molar-refractivity contribution in [2.45, 2.75) is 43.9 Å². The quantitative estimate of drug-likeness (QED) is 0.594. The van der Waals surface area contributed by atoms with Crippen molar-refractivity contribution in [3.05, 3.63) is 57.1 Å². The third kappa shape index (κ3) is 3.12. The summed E-state index contributed by atoms with van der Waals surface area (Å²) >= 11 is 12.1. The number of benzene rings is 2. The van der Waals surface area contributed by atoms with Gasteiger partial charge in [0.2, 0.25) is 0 Å². The smallest absolute Gasteiger partial charge is 0.338 e. The highest BCUT2D eigenvalue weighted by Gasteiger charge is 2.62. The van der Waals surface area contributed by atoms with Gasteiger partial charge in [-0.2, -0.15) is 0 Å². The van der Waals surface area contributed by atoms with Crippen LogP contribution in [0.15, 0.2) is 30.3 Å². The van der Waals surface area contributed by atoms with Crippen molar-refractivity contribution < 1.29 is 19.0 Å². The standard InChI is InChI=1S/C24H25Cl2NO4/c1-13-19(30-23(28)14-4-6-16(25)17(26)10-14)11-20-24(13)8-9-27(2)12-15-5-7-18(29-3)22(31-20)21(15)24/h4-7,10,13,19-20H,8-9,11-12H2,1-3H3/t13?,19-,20?,24-/m1/s1. The van der Waals surface area contributed by atoms with E-state index in [9.17, 15) is 4.79 Å². The highest BCUT2D eigenvalue weighted by molar-refractivity contribution is 6.42. The maximum absolute atomic E-state index is 12.9. The predicted octanol–water partition coefficient (Wildman–Crippen LogP) is 5.10. The SMILES string of the molecule is COc1ccc2c3c1OC1C[C@@H](OC(=O)c4ccc(Cl)c(Cl)c4)C(C)[C@@]31CCN(C)C2. The molecule has 1 aliphatic carbocycles. The maximum atomic E-state index is 12.9. The summed E-state index contributed by atoms with van der Waals surface area (Å²) < 4.78 is 18.1. The Morgan fingerprint density at radius 3 is 2.77 bits per heavy atom. The van der Waals surface area contributed by atoms with Crippen molar-refractivity contribution >= 4 is 29.2 Å². The van der Waals surface area contributed by atoms with E-state index in [0.717, 1.165) is 31.0 Å². The van der Waals surface area contributed by atoms with E-state index in [2.05, 4.69) is 24.9 Å². The van der Waals surface area contributed by atoms with Crippen molar-refractivity contribution in [3.63, 3.8) is 0 Å². The van der Waals surface area contributed by atoms with Crippen LogP contribution in [-0.4, -0.2) is 43.8 Å². The molecule has 5 nitrogen and oxygen atoms in total. The molecule has 0 bridgehead atoms. The highest BCUT2D eigenvalue weighted by atomic mass is 35.5. The summed E-state index contributed by atoms with van der Waals surface area (Å²) in [6.45, 7) is 4.00. The van der Waals surface area contributed by atoms with E-state index in [1.165, 1.54) is 11.1 Å². The first-order valence-electron chi connectivity index (χ1n) is 10.6. The van der Waals surface area contributed by atoms with E-state index in [0.29, 0.717) is 22.0 Å². The third-order valence-electron chi connectivity index (χ3n) is 7.31. The Labute approximate surface area is 192 Å². The van der Waals surface area contributed by atoms with Crippen molar-refractivity contribution in [2.24, 2.45) is 5.92 Å². The molecule has 1 saturated carbocycles. The maximum Gasteiger partial charge on any atom is 0.338 e. The predicted molar refractivity (Wildman–Crippen MR) is 119 cm³/mol. The van der Waals surface area contributed by atoms with Crippen LogP contribution in [0.4, 0.5) is 0 Å². The van der Waals surface area contributed by atoms with Crippen LogP contribution in [0.5, 0.6) is 11.5 Å². The minimum absolute atomic E-state index is 0.0503. The van der Waals surface area contributed by atoms with Crippen LogP contribution in [0.3, 0.4) is 0 Å². The van der Waals surface area contributed by atoms with Crippen LogP contribution in [0.25, 0.3) is 0 Å². The Kier molecular flexibility index (Phi) is 5.11. The van der Waals surface area contributed by atoms with Crippen LogP contribution in [-0.2, 0) is 16.7 Å². The van der Waals surface area contributed by atoms with Crippen LogP contribution < -0.4 is 9.47 Å². The van der Waals surface area contributed by atoms with Gasteiger partial charge in [0.05, 0.1) is 22.7 Å². The first-order valence-corrected chi connectivity index (χ1v) is 11.3. The molecule has 0 saturated heterocycles. The Bertz CT molecular complexity index is 1060. The monoisotopic (exact) mass is 461 g/mol. The van der Waals surface area contributed by atoms with Gasteiger partial charge in [-0.25, -0.2) is 4.79 Å². The summed E-state index contributed by atoms with van der Waals surface area (Å²) in [5, 5.41) is 0.752. The lowest BCUT2D eigenvalue weighted by Crippen LogP contribution is -2.40. The Balaban J connectivity index is 1.49. The molecule has 1 spiro atoms. The van der Waals surface area contributed by atoms with E-state index in [4.69, 9.17) is 37.4 Å². The zero-order chi connectivity index (χ0) is 21.9. The summed E-state index contributed by atoms with van der Waals surface area (Å²) in [5.74, 6) is 1.35. The van der Waals surface area contributed by atoms with Crippen molar-refractivity contribution in [3.8, 4) is 11.5 Å². The molecule has 3 aliphatic rings. The highest BCUT2D eigenvalue weighted by Crippen LogP contribution is 2.61. The molecule has 2 heterocycles. The number of esters is 1. The molecular weight excluding hydrogens is 437 g/mol. The topological polar surface area (TPSA) is 48.0 Å². The molecule has 2 aromatic rings. The van der Waals surface area contributed by atoms with Gasteiger partial charge in [0.1, 0.15) is 12.2 Å². The normalized spacial score (nSPS) is 29.0. The second-order valence-corrected chi connectivity index (χ2v) is 9.68. The van der Waals surface area contributed by atoms with Crippen LogP contribution in [0, 0.1) is 5.92 Å². The zero-order valence-corrected chi connectivity index (χ0v) is 19.3. The zero-order valence-electron chi connectivity index (χ0n) is 17.8. The number of carbonyl (C=O) groups excluding carboxylic acids is 1. The molecule has 1 fully saturated rings. The number of rotatable bonds is 3. The van der Waals surface area contributed by atoms with Gasteiger partial charge in [0, 0.05) is 29.9 Å². The summed E-state index contributed by atoms with van der Waals surface area (Å²) in [7, 11) is 3.82. The molecule has 0 radical (unpaired) electrons. The molecule has 164 valence electrons. The number of nitrogens with zero attached hydrogens (tertiary/aromatic N) is 1. The number of halogens is 2. The fraction of sp³-hybridized carbons (Fsp3) is 0.458. The van der Waals surface area contributed by atoms with Crippen molar-refractivity contribution in [1.82, 2.24) is 4.90 Å². The van der Waals surface area contributed by atoms with Gasteiger partial charge < -0.3 is 19.1 Å². The van der Waals surface area contributed by atoms with E-state index < -0.39 is 0 Å². The van der Waals surface area contributed by atoms with E-state index in [-0.39, 0.29) is 29.5 Å². The first kappa shape index (κ1) is 20.9. The fourth-order valence-corrected chi connectivity index (χ4v) is 5.99. The summed E-state index contributed by atoms with van der Waals surface area (Å²) in [5.41, 5.74) is 2.70. The van der Waals surface area contributed by atoms with Gasteiger partial charge in [0.15, 0.2) is 11.5 Å². The number of methoxy groups -OCH3 is 1. The summed E-state index contributed by atoms with van der Waals surface area (Å²) in [6.07, 6.45) is 1.30. The van der Waals surface area contributed by atoms with Crippen LogP contribution in [0.1, 0.15) is 41.3 Å². The van der Waals surface area contributed by atoms with E-state index in [1.807, 2.05) is 6.07 Å². The molecule has 2 aromatic carbocycles. The molecule has 4 atom stereocenters. The van der Waals surface area contributed by atoms with Crippen molar-refractivity contribution in [1.29, 1.82) is 0 Å². The third-order valence-corrected chi connectivity index (χ3v) is 8.04. The number of hydrogen-bond acceptors (Lipinski definition) is 5. The number of carbonyl (C=O) groups is 1. The largest absolute Gasteiger partial charge is 0.493 e. The average Bonchev–Trinajstić information content (AvgIpc) is 3.14. The van der Waals surface area contributed by atoms with Crippen molar-refractivity contribution in [2.75, 3.05) is 20.7 Å². The van der Waals surface area contributed by atoms with Gasteiger partial charge in [-0.05, 0) is 49.8 Å². The fourth-order valence-electron chi connectivity index (χ4n) is 5.70. The van der Waals surface area contributed by atoms with Gasteiger partial charge in [0.25, 0.3) is 0 Å². The molecule has 0 N–H and O–H groups in total. The number of hydrogen-bond donors (Lipinski definition) is 0. The van der Waals surface area contributed by atoms with E-state index in [1.54, 1.807) is 25.3 Å². The van der Waals surface area contributed by atoms with Gasteiger partial charge >= 0.3 is 5.97 Å². The second kappa shape index (κ2) is 7.58. The molecule has 31 heavy (non-hydrogen) atoms. The molecule has 0 aromatic heterocycles. The van der Waals surface area contributed by atoms with Gasteiger partial charge in [-0.15, -0.1) is 0 Å². The molecule has 7 heteroatoms. The van der Waals surface area contributed by atoms with Gasteiger partial charge in [-0.1, -0.05) is 36.2 Å². The van der Waals surface area contributed by atoms with Crippen LogP contribution >= 0.6 is 23.2 Å². The van der Waals surface area contributed by atoms with Crippen LogP contribution in [0.2, 0.25) is 10.0 Å². The Morgan fingerprint density at radius 1 is 1.23 bits per heavy atom. The number of ether oxygens (including phenoxy) is 3. The molecule has 2 unspecified atom stereocenters. The molecule has 2 aliphatic heterocycles. The summed E-state index contributed by atoms with van der Waals surface area (Å²) in [4.78, 5) is 15.2. The minimum atomic E-state index is -0.386.